The Hall–Kier alpha value is -4.61. The second kappa shape index (κ2) is 9.94. The summed E-state index contributed by atoms with van der Waals surface area (Å²) in [5.41, 5.74) is -0.548. The number of esters is 1. The number of hydrogen-bond acceptors (Lipinski definition) is 7. The Morgan fingerprint density at radius 3 is 2.17 bits per heavy atom. The zero-order valence-electron chi connectivity index (χ0n) is 18.1. The first-order valence-electron chi connectivity index (χ1n) is 9.92. The van der Waals surface area contributed by atoms with Gasteiger partial charge in [0, 0.05) is 6.07 Å². The molecule has 4 rings (SSSR count). The summed E-state index contributed by atoms with van der Waals surface area (Å²) in [6.45, 7) is -1.19. The molecule has 1 heterocycles. The molecule has 1 aromatic heterocycles. The van der Waals surface area contributed by atoms with Gasteiger partial charge < -0.3 is 23.4 Å². The predicted octanol–water partition coefficient (Wildman–Crippen LogP) is 5.27. The molecule has 0 spiro atoms. The topological polar surface area (TPSA) is 84.2 Å². The van der Waals surface area contributed by atoms with Crippen molar-refractivity contribution >= 4 is 16.9 Å². The Kier molecular flexibility index (Phi) is 6.77. The Morgan fingerprint density at radius 2 is 1.50 bits per heavy atom. The van der Waals surface area contributed by atoms with E-state index in [0.29, 0.717) is 5.75 Å². The number of carbonyl (C=O) groups excluding carboxylic acids is 1. The predicted molar refractivity (Wildman–Crippen MR) is 113 cm³/mol. The molecule has 0 atom stereocenters. The summed E-state index contributed by atoms with van der Waals surface area (Å²) >= 11 is 0. The molecule has 0 aliphatic heterocycles. The lowest BCUT2D eigenvalue weighted by Crippen LogP contribution is -2.19. The second-order valence-electron chi connectivity index (χ2n) is 7.00. The third-order valence-electron chi connectivity index (χ3n) is 4.74. The summed E-state index contributed by atoms with van der Waals surface area (Å²) in [6.07, 6.45) is 1.04. The molecule has 0 amide bonds. The Bertz CT molecular complexity index is 1500. The quantitative estimate of drug-likeness (QED) is 0.111. The molecule has 0 aliphatic carbocycles. The Morgan fingerprint density at radius 1 is 0.861 bits per heavy atom. The van der Waals surface area contributed by atoms with Crippen LogP contribution >= 0.6 is 0 Å². The van der Waals surface area contributed by atoms with Crippen molar-refractivity contribution in [1.82, 2.24) is 0 Å². The van der Waals surface area contributed by atoms with Crippen molar-refractivity contribution in [2.75, 3.05) is 13.7 Å². The fourth-order valence-electron chi connectivity index (χ4n) is 3.05. The van der Waals surface area contributed by atoms with Crippen LogP contribution in [0.15, 0.2) is 57.9 Å². The summed E-state index contributed by atoms with van der Waals surface area (Å²) in [4.78, 5) is 24.7. The number of fused-ring (bicyclic) bond motifs is 1. The third-order valence-corrected chi connectivity index (χ3v) is 4.74. The highest BCUT2D eigenvalue weighted by Gasteiger charge is 2.27. The van der Waals surface area contributed by atoms with Gasteiger partial charge in [-0.25, -0.2) is 18.0 Å². The SMILES string of the molecule is COc1ccccc1Oc1coc2cc(OC(=O)COc3c(F)c(F)c(F)c(F)c3F)ccc2c1=O. The molecule has 0 saturated heterocycles. The first-order chi connectivity index (χ1) is 17.2. The molecule has 0 radical (unpaired) electrons. The van der Waals surface area contributed by atoms with Crippen molar-refractivity contribution in [3.63, 3.8) is 0 Å². The maximum Gasteiger partial charge on any atom is 0.349 e. The van der Waals surface area contributed by atoms with Crippen LogP contribution in [-0.2, 0) is 4.79 Å². The van der Waals surface area contributed by atoms with E-state index in [0.717, 1.165) is 6.26 Å². The highest BCUT2D eigenvalue weighted by Crippen LogP contribution is 2.31. The van der Waals surface area contributed by atoms with Crippen LogP contribution in [0.25, 0.3) is 11.0 Å². The van der Waals surface area contributed by atoms with Crippen LogP contribution < -0.4 is 24.4 Å². The zero-order valence-corrected chi connectivity index (χ0v) is 18.1. The molecular formula is C24H13F5O7. The average Bonchev–Trinajstić information content (AvgIpc) is 2.88. The van der Waals surface area contributed by atoms with E-state index in [1.54, 1.807) is 24.3 Å². The average molecular weight is 508 g/mol. The van der Waals surface area contributed by atoms with Crippen molar-refractivity contribution in [3.8, 4) is 28.7 Å². The molecule has 0 aliphatic rings. The van der Waals surface area contributed by atoms with E-state index in [2.05, 4.69) is 4.74 Å². The molecule has 3 aromatic carbocycles. The van der Waals surface area contributed by atoms with Crippen LogP contribution in [0.1, 0.15) is 0 Å². The minimum atomic E-state index is -2.37. The molecule has 36 heavy (non-hydrogen) atoms. The normalized spacial score (nSPS) is 10.8. The van der Waals surface area contributed by atoms with Crippen LogP contribution in [0.4, 0.5) is 22.0 Å². The van der Waals surface area contributed by atoms with Gasteiger partial charge in [-0.15, -0.1) is 0 Å². The monoisotopic (exact) mass is 508 g/mol. The maximum absolute atomic E-state index is 13.6. The highest BCUT2D eigenvalue weighted by molar-refractivity contribution is 5.81. The third kappa shape index (κ3) is 4.65. The van der Waals surface area contributed by atoms with E-state index in [9.17, 15) is 31.5 Å². The first-order valence-corrected chi connectivity index (χ1v) is 9.92. The smallest absolute Gasteiger partial charge is 0.349 e. The number of benzene rings is 3. The Balaban J connectivity index is 1.49. The molecule has 7 nitrogen and oxygen atoms in total. The van der Waals surface area contributed by atoms with E-state index in [-0.39, 0.29) is 28.2 Å². The highest BCUT2D eigenvalue weighted by atomic mass is 19.2. The molecule has 0 saturated carbocycles. The molecule has 12 heteroatoms. The zero-order chi connectivity index (χ0) is 26.0. The summed E-state index contributed by atoms with van der Waals surface area (Å²) in [5.74, 6) is -13.8. The second-order valence-corrected chi connectivity index (χ2v) is 7.00. The van der Waals surface area contributed by atoms with Crippen LogP contribution in [0, 0.1) is 29.1 Å². The van der Waals surface area contributed by atoms with Gasteiger partial charge in [0.05, 0.1) is 12.5 Å². The molecule has 186 valence electrons. The summed E-state index contributed by atoms with van der Waals surface area (Å²) in [6, 6.07) is 10.3. The van der Waals surface area contributed by atoms with Gasteiger partial charge in [-0.1, -0.05) is 12.1 Å². The van der Waals surface area contributed by atoms with Crippen molar-refractivity contribution in [3.05, 3.63) is 88.0 Å². The first kappa shape index (κ1) is 24.5. The number of halogens is 5. The van der Waals surface area contributed by atoms with E-state index in [1.807, 2.05) is 0 Å². The van der Waals surface area contributed by atoms with Gasteiger partial charge in [0.25, 0.3) is 0 Å². The van der Waals surface area contributed by atoms with E-state index in [4.69, 9.17) is 18.6 Å². The van der Waals surface area contributed by atoms with Gasteiger partial charge in [0.2, 0.25) is 40.3 Å². The van der Waals surface area contributed by atoms with Crippen molar-refractivity contribution < 1.29 is 50.1 Å². The fraction of sp³-hybridized carbons (Fsp3) is 0.0833. The molecular weight excluding hydrogens is 495 g/mol. The van der Waals surface area contributed by atoms with Crippen LogP contribution in [-0.4, -0.2) is 19.7 Å². The molecule has 0 N–H and O–H groups in total. The number of para-hydroxylation sites is 2. The van der Waals surface area contributed by atoms with Crippen molar-refractivity contribution in [2.45, 2.75) is 0 Å². The lowest BCUT2D eigenvalue weighted by atomic mass is 10.2. The summed E-state index contributed by atoms with van der Waals surface area (Å²) in [5, 5.41) is 0.0693. The summed E-state index contributed by atoms with van der Waals surface area (Å²) < 4.78 is 92.4. The number of ether oxygens (including phenoxy) is 4. The minimum Gasteiger partial charge on any atom is -0.493 e. The van der Waals surface area contributed by atoms with E-state index < -0.39 is 52.8 Å². The molecule has 0 bridgehead atoms. The summed E-state index contributed by atoms with van der Waals surface area (Å²) in [7, 11) is 1.43. The molecule has 0 fully saturated rings. The van der Waals surface area contributed by atoms with Crippen molar-refractivity contribution in [1.29, 1.82) is 0 Å². The number of hydrogen-bond donors (Lipinski definition) is 0. The number of carbonyl (C=O) groups is 1. The largest absolute Gasteiger partial charge is 0.493 e. The van der Waals surface area contributed by atoms with E-state index >= 15 is 0 Å². The fourth-order valence-corrected chi connectivity index (χ4v) is 3.05. The molecule has 0 unspecified atom stereocenters. The van der Waals surface area contributed by atoms with Gasteiger partial charge in [0.1, 0.15) is 17.6 Å². The van der Waals surface area contributed by atoms with Gasteiger partial charge in [-0.3, -0.25) is 4.79 Å². The van der Waals surface area contributed by atoms with Crippen molar-refractivity contribution in [2.24, 2.45) is 0 Å². The number of rotatable bonds is 7. The lowest BCUT2D eigenvalue weighted by molar-refractivity contribution is -0.136. The van der Waals surface area contributed by atoms with Crippen LogP contribution in [0.3, 0.4) is 0 Å². The Labute approximate surface area is 198 Å². The molecule has 4 aromatic rings. The van der Waals surface area contributed by atoms with Gasteiger partial charge in [0.15, 0.2) is 23.9 Å². The number of methoxy groups -OCH3 is 1. The maximum atomic E-state index is 13.6. The van der Waals surface area contributed by atoms with Gasteiger partial charge >= 0.3 is 5.97 Å². The van der Waals surface area contributed by atoms with Gasteiger partial charge in [-0.05, 0) is 24.3 Å². The van der Waals surface area contributed by atoms with E-state index in [1.165, 1.54) is 25.3 Å². The standard InChI is InChI=1S/C24H13F5O7/c1-32-13-4-2-3-5-14(13)36-16-9-33-15-8-11(6-7-12(15)23(16)31)35-17(30)10-34-24-21(28)19(26)18(25)20(27)22(24)29/h2-9H,10H2,1H3. The minimum absolute atomic E-state index is 0.00152. The lowest BCUT2D eigenvalue weighted by Gasteiger charge is -2.11. The van der Waals surface area contributed by atoms with Crippen LogP contribution in [0.2, 0.25) is 0 Å². The van der Waals surface area contributed by atoms with Crippen LogP contribution in [0.5, 0.6) is 28.7 Å². The van der Waals surface area contributed by atoms with Gasteiger partial charge in [-0.2, -0.15) is 8.78 Å².